The minimum Gasteiger partial charge on any atom is -0.461 e. The van der Waals surface area contributed by atoms with Crippen LogP contribution in [0.15, 0.2) is 138 Å². The number of rotatable bonds is 14. The Labute approximate surface area is 380 Å². The standard InChI is InChI=1S/C51H42N4O4S4/c1-4-46(56)58-25-24-52-49(57)59-29-51(5-2,30-60-50-54-53-31(3)61-50)28-55-42-22-20-32(34-14-10-16-38-36-12-6-8-18-44(36)62-47(34)38)26-40(42)41-27-33(21-23-43(41)55)35-15-11-17-39-37-13-7-9-19-45(37)63-48(35)39/h4,6-23,26-27H,1,5,24-25,28-30H2,2-3H3,(H,52,57). The molecule has 1 unspecified atom stereocenters. The molecule has 1 atom stereocenters. The van der Waals surface area contributed by atoms with Crippen molar-refractivity contribution in [3.63, 3.8) is 0 Å². The molecule has 0 saturated heterocycles. The highest BCUT2D eigenvalue weighted by molar-refractivity contribution is 8.01. The van der Waals surface area contributed by atoms with Gasteiger partial charge in [-0.25, -0.2) is 9.59 Å². The third kappa shape index (κ3) is 7.86. The number of fused-ring (bicyclic) bond motifs is 9. The molecule has 12 heteroatoms. The molecule has 6 aromatic carbocycles. The highest BCUT2D eigenvalue weighted by Crippen LogP contribution is 2.45. The van der Waals surface area contributed by atoms with Crippen molar-refractivity contribution in [1.29, 1.82) is 0 Å². The van der Waals surface area contributed by atoms with Crippen LogP contribution in [0.1, 0.15) is 18.4 Å². The van der Waals surface area contributed by atoms with Gasteiger partial charge in [0.15, 0.2) is 4.34 Å². The summed E-state index contributed by atoms with van der Waals surface area (Å²) in [6.45, 7) is 8.42. The summed E-state index contributed by atoms with van der Waals surface area (Å²) in [5.74, 6) is 0.0977. The molecule has 0 fully saturated rings. The van der Waals surface area contributed by atoms with Crippen molar-refractivity contribution in [2.24, 2.45) is 5.41 Å². The maximum atomic E-state index is 13.1. The van der Waals surface area contributed by atoms with Gasteiger partial charge < -0.3 is 19.4 Å². The van der Waals surface area contributed by atoms with Gasteiger partial charge in [-0.15, -0.1) is 32.9 Å². The maximum absolute atomic E-state index is 13.1. The second-order valence-corrected chi connectivity index (χ2v) is 20.2. The molecule has 0 bridgehead atoms. The van der Waals surface area contributed by atoms with E-state index in [2.05, 4.69) is 155 Å². The number of esters is 1. The number of nitrogens with zero attached hydrogens (tertiary/aromatic N) is 3. The first-order valence-electron chi connectivity index (χ1n) is 20.8. The Morgan fingerprint density at radius 1 is 0.730 bits per heavy atom. The number of alkyl carbamates (subject to hydrolysis) is 1. The van der Waals surface area contributed by atoms with Crippen molar-refractivity contribution >= 4 is 120 Å². The largest absolute Gasteiger partial charge is 0.461 e. The molecule has 1 N–H and O–H groups in total. The quantitative estimate of drug-likeness (QED) is 0.0502. The van der Waals surface area contributed by atoms with Crippen LogP contribution in [0.25, 0.3) is 84.4 Å². The highest BCUT2D eigenvalue weighted by Gasteiger charge is 2.33. The molecular formula is C51H42N4O4S4. The zero-order valence-electron chi connectivity index (χ0n) is 34.7. The van der Waals surface area contributed by atoms with E-state index in [1.807, 2.05) is 29.6 Å². The van der Waals surface area contributed by atoms with E-state index in [9.17, 15) is 9.59 Å². The second kappa shape index (κ2) is 17.3. The van der Waals surface area contributed by atoms with Crippen molar-refractivity contribution < 1.29 is 19.1 Å². The zero-order chi connectivity index (χ0) is 43.1. The lowest BCUT2D eigenvalue weighted by molar-refractivity contribution is -0.137. The first kappa shape index (κ1) is 41.0. The fraction of sp³-hybridized carbons (Fsp3) is 0.176. The third-order valence-corrected chi connectivity index (χ3v) is 16.6. The Hall–Kier alpha value is -6.05. The van der Waals surface area contributed by atoms with Gasteiger partial charge in [0.1, 0.15) is 18.2 Å². The molecule has 0 spiro atoms. The van der Waals surface area contributed by atoms with Crippen LogP contribution in [0, 0.1) is 12.3 Å². The van der Waals surface area contributed by atoms with Crippen LogP contribution in [0.4, 0.5) is 4.79 Å². The molecule has 8 nitrogen and oxygen atoms in total. The monoisotopic (exact) mass is 902 g/mol. The van der Waals surface area contributed by atoms with Gasteiger partial charge in [0.25, 0.3) is 0 Å². The lowest BCUT2D eigenvalue weighted by Crippen LogP contribution is -2.38. The molecule has 10 aromatic rings. The van der Waals surface area contributed by atoms with E-state index in [-0.39, 0.29) is 19.8 Å². The number of thioether (sulfide) groups is 1. The SMILES string of the molecule is C=CC(=O)OCCNC(=O)OCC(CC)(CSc1nnc(C)s1)Cn1c2ccc(-c3cccc4c3sc3ccccc34)cc2c2cc(-c3cccc4c3sc3ccccc34)ccc21. The number of hydrogen-bond acceptors (Lipinski definition) is 10. The van der Waals surface area contributed by atoms with E-state index < -0.39 is 17.5 Å². The van der Waals surface area contributed by atoms with Gasteiger partial charge in [-0.3, -0.25) is 0 Å². The molecule has 4 aromatic heterocycles. The van der Waals surface area contributed by atoms with E-state index in [4.69, 9.17) is 9.47 Å². The molecule has 1 amide bonds. The first-order valence-corrected chi connectivity index (χ1v) is 24.2. The number of amides is 1. The van der Waals surface area contributed by atoms with Crippen LogP contribution in [0.2, 0.25) is 0 Å². The van der Waals surface area contributed by atoms with E-state index >= 15 is 0 Å². The Bertz CT molecular complexity index is 3210. The summed E-state index contributed by atoms with van der Waals surface area (Å²) in [6.07, 6.45) is 1.25. The Morgan fingerprint density at radius 2 is 1.32 bits per heavy atom. The average Bonchev–Trinajstić information content (AvgIpc) is 4.10. The number of benzene rings is 6. The van der Waals surface area contributed by atoms with Gasteiger partial charge in [0.2, 0.25) is 0 Å². The van der Waals surface area contributed by atoms with Gasteiger partial charge in [-0.2, -0.15) is 0 Å². The normalized spacial score (nSPS) is 12.7. The van der Waals surface area contributed by atoms with Gasteiger partial charge in [0, 0.05) is 85.9 Å². The van der Waals surface area contributed by atoms with Crippen molar-refractivity contribution in [2.75, 3.05) is 25.5 Å². The summed E-state index contributed by atoms with van der Waals surface area (Å²) >= 11 is 6.90. The van der Waals surface area contributed by atoms with E-state index in [0.29, 0.717) is 12.3 Å². The third-order valence-electron chi connectivity index (χ3n) is 11.8. The number of aryl methyl sites for hydroxylation is 1. The molecule has 0 saturated carbocycles. The predicted octanol–water partition coefficient (Wildman–Crippen LogP) is 13.7. The molecule has 314 valence electrons. The van der Waals surface area contributed by atoms with Crippen molar-refractivity contribution in [3.8, 4) is 22.3 Å². The number of carbonyl (C=O) groups is 2. The summed E-state index contributed by atoms with van der Waals surface area (Å²) in [5.41, 5.74) is 6.48. The Balaban J connectivity index is 1.10. The van der Waals surface area contributed by atoms with Crippen molar-refractivity contribution in [3.05, 3.63) is 139 Å². The minimum absolute atomic E-state index is 0.0191. The van der Waals surface area contributed by atoms with Gasteiger partial charge >= 0.3 is 12.1 Å². The van der Waals surface area contributed by atoms with Crippen LogP contribution in [-0.4, -0.2) is 52.3 Å². The lowest BCUT2D eigenvalue weighted by Gasteiger charge is -2.33. The maximum Gasteiger partial charge on any atom is 0.407 e. The van der Waals surface area contributed by atoms with Crippen LogP contribution in [0.5, 0.6) is 0 Å². The Morgan fingerprint density at radius 3 is 1.87 bits per heavy atom. The topological polar surface area (TPSA) is 95.3 Å². The molecule has 0 radical (unpaired) electrons. The van der Waals surface area contributed by atoms with Gasteiger partial charge in [0.05, 0.1) is 6.54 Å². The molecule has 63 heavy (non-hydrogen) atoms. The molecule has 0 aliphatic rings. The van der Waals surface area contributed by atoms with Gasteiger partial charge in [-0.1, -0.05) is 122 Å². The molecule has 0 aliphatic heterocycles. The van der Waals surface area contributed by atoms with Crippen LogP contribution < -0.4 is 5.32 Å². The van der Waals surface area contributed by atoms with Crippen molar-refractivity contribution in [2.45, 2.75) is 31.2 Å². The summed E-state index contributed by atoms with van der Waals surface area (Å²) in [4.78, 5) is 24.7. The van der Waals surface area contributed by atoms with Crippen LogP contribution >= 0.6 is 45.8 Å². The molecular weight excluding hydrogens is 861 g/mol. The molecule has 4 heterocycles. The van der Waals surface area contributed by atoms with Crippen LogP contribution in [0.3, 0.4) is 0 Å². The summed E-state index contributed by atoms with van der Waals surface area (Å²) in [7, 11) is 0. The van der Waals surface area contributed by atoms with Gasteiger partial charge in [-0.05, 0) is 72.0 Å². The number of carbonyl (C=O) groups excluding carboxylic acids is 2. The number of ether oxygens (including phenoxy) is 2. The fourth-order valence-corrected chi connectivity index (χ4v) is 13.1. The summed E-state index contributed by atoms with van der Waals surface area (Å²) < 4.78 is 19.5. The molecule has 10 rings (SSSR count). The fourth-order valence-electron chi connectivity index (χ4n) is 8.53. The lowest BCUT2D eigenvalue weighted by atomic mass is 9.88. The summed E-state index contributed by atoms with van der Waals surface area (Å²) in [6, 6.07) is 44.4. The first-order chi connectivity index (χ1) is 30.8. The zero-order valence-corrected chi connectivity index (χ0v) is 37.9. The van der Waals surface area contributed by atoms with Crippen molar-refractivity contribution in [1.82, 2.24) is 20.1 Å². The minimum atomic E-state index is -0.568. The smallest absolute Gasteiger partial charge is 0.407 e. The number of aromatic nitrogens is 3. The number of thiophene rings is 2. The summed E-state index contributed by atoms with van der Waals surface area (Å²) in [5, 5.41) is 19.8. The number of nitrogens with one attached hydrogen (secondary N) is 1. The van der Waals surface area contributed by atoms with E-state index in [0.717, 1.165) is 43.6 Å². The average molecular weight is 903 g/mol. The van der Waals surface area contributed by atoms with E-state index in [1.54, 1.807) is 23.1 Å². The highest BCUT2D eigenvalue weighted by atomic mass is 32.2. The number of hydrogen-bond donors (Lipinski definition) is 1. The van der Waals surface area contributed by atoms with Crippen LogP contribution in [-0.2, 0) is 20.8 Å². The Kier molecular flexibility index (Phi) is 11.2. The predicted molar refractivity (Wildman–Crippen MR) is 265 cm³/mol. The molecule has 0 aliphatic carbocycles. The van der Waals surface area contributed by atoms with E-state index in [1.165, 1.54) is 62.6 Å². The second-order valence-electron chi connectivity index (χ2n) is 15.7.